The highest BCUT2D eigenvalue weighted by molar-refractivity contribution is 7.91. The van der Waals surface area contributed by atoms with Crippen LogP contribution in [0.4, 0.5) is 8.78 Å². The van der Waals surface area contributed by atoms with E-state index in [1.165, 1.54) is 28.6 Å². The second kappa shape index (κ2) is 7.68. The van der Waals surface area contributed by atoms with Crippen molar-refractivity contribution in [3.8, 4) is 22.7 Å². The first-order valence-electron chi connectivity index (χ1n) is 8.21. The molecule has 3 rings (SSSR count). The Kier molecular flexibility index (Phi) is 5.47. The summed E-state index contributed by atoms with van der Waals surface area (Å²) in [6, 6.07) is 5.20. The molecule has 0 aliphatic heterocycles. The van der Waals surface area contributed by atoms with Crippen molar-refractivity contribution in [2.75, 3.05) is 5.75 Å². The van der Waals surface area contributed by atoms with Crippen LogP contribution >= 0.6 is 0 Å². The van der Waals surface area contributed by atoms with E-state index in [1.54, 1.807) is 25.5 Å². The predicted molar refractivity (Wildman–Crippen MR) is 96.1 cm³/mol. The van der Waals surface area contributed by atoms with Gasteiger partial charge in [-0.1, -0.05) is 0 Å². The van der Waals surface area contributed by atoms with Gasteiger partial charge in [0, 0.05) is 25.0 Å². The van der Waals surface area contributed by atoms with Crippen LogP contribution in [0.5, 0.6) is 5.75 Å². The molecule has 1 N–H and O–H groups in total. The molecule has 3 aromatic rings. The third kappa shape index (κ3) is 4.20. The molecule has 0 unspecified atom stereocenters. The van der Waals surface area contributed by atoms with Crippen LogP contribution in [-0.4, -0.2) is 51.6 Å². The molecule has 0 amide bonds. The van der Waals surface area contributed by atoms with Gasteiger partial charge in [0.1, 0.15) is 17.1 Å². The largest absolute Gasteiger partial charge is 0.434 e. The molecule has 0 saturated heterocycles. The zero-order valence-corrected chi connectivity index (χ0v) is 15.8. The minimum Gasteiger partial charge on any atom is -0.434 e. The summed E-state index contributed by atoms with van der Waals surface area (Å²) in [6.45, 7) is -1.75. The molecule has 8 nitrogen and oxygen atoms in total. The molecular formula is C17H18F2N4O4S. The molecule has 0 aliphatic carbocycles. The molecule has 11 heteroatoms. The molecule has 0 saturated carbocycles. The lowest BCUT2D eigenvalue weighted by Crippen LogP contribution is -2.18. The van der Waals surface area contributed by atoms with E-state index in [4.69, 9.17) is 0 Å². The molecule has 150 valence electrons. The van der Waals surface area contributed by atoms with Gasteiger partial charge in [-0.3, -0.25) is 4.68 Å². The Bertz CT molecular complexity index is 1060. The first-order valence-corrected chi connectivity index (χ1v) is 9.86. The maximum atomic E-state index is 12.9. The predicted octanol–water partition coefficient (Wildman–Crippen LogP) is 2.03. The van der Waals surface area contributed by atoms with Gasteiger partial charge in [0.2, 0.25) is 0 Å². The van der Waals surface area contributed by atoms with Gasteiger partial charge in [0.15, 0.2) is 9.84 Å². The van der Waals surface area contributed by atoms with Crippen LogP contribution in [0.15, 0.2) is 47.8 Å². The van der Waals surface area contributed by atoms with Gasteiger partial charge in [0.05, 0.1) is 22.9 Å². The highest BCUT2D eigenvalue weighted by Crippen LogP contribution is 2.36. The molecule has 0 radical (unpaired) electrons. The molecule has 1 aromatic carbocycles. The fourth-order valence-corrected chi connectivity index (χ4v) is 4.15. The number of ether oxygens (including phenoxy) is 1. The van der Waals surface area contributed by atoms with E-state index in [0.29, 0.717) is 5.69 Å². The van der Waals surface area contributed by atoms with Crippen LogP contribution in [-0.2, 0) is 16.9 Å². The number of halogens is 2. The number of alkyl halides is 2. The summed E-state index contributed by atoms with van der Waals surface area (Å²) in [5, 5.41) is 17.8. The highest BCUT2D eigenvalue weighted by Gasteiger charge is 2.24. The molecule has 0 fully saturated rings. The third-order valence-electron chi connectivity index (χ3n) is 3.80. The number of aliphatic hydroxyl groups is 1. The van der Waals surface area contributed by atoms with E-state index in [0.717, 1.165) is 12.1 Å². The lowest BCUT2D eigenvalue weighted by atomic mass is 10.1. The minimum atomic E-state index is -3.85. The van der Waals surface area contributed by atoms with Crippen molar-refractivity contribution in [1.29, 1.82) is 0 Å². The molecule has 2 aromatic heterocycles. The highest BCUT2D eigenvalue weighted by atomic mass is 32.2. The van der Waals surface area contributed by atoms with Gasteiger partial charge in [-0.15, -0.1) is 0 Å². The summed E-state index contributed by atoms with van der Waals surface area (Å²) in [7, 11) is -2.21. The summed E-state index contributed by atoms with van der Waals surface area (Å²) in [5.41, 5.74) is 0.741. The van der Waals surface area contributed by atoms with Gasteiger partial charge < -0.3 is 9.84 Å². The normalized spacial score (nSPS) is 13.1. The Morgan fingerprint density at radius 2 is 2.07 bits per heavy atom. The van der Waals surface area contributed by atoms with E-state index in [1.807, 2.05) is 0 Å². The summed E-state index contributed by atoms with van der Waals surface area (Å²) in [4.78, 5) is -0.137. The van der Waals surface area contributed by atoms with Crippen LogP contribution in [0.2, 0.25) is 0 Å². The number of aryl methyl sites for hydroxylation is 1. The van der Waals surface area contributed by atoms with Crippen LogP contribution < -0.4 is 4.74 Å². The fraction of sp³-hybridized carbons (Fsp3) is 0.294. The average molecular weight is 412 g/mol. The fourth-order valence-electron chi connectivity index (χ4n) is 2.75. The van der Waals surface area contributed by atoms with Crippen molar-refractivity contribution in [2.24, 2.45) is 7.05 Å². The summed E-state index contributed by atoms with van der Waals surface area (Å²) in [6.07, 6.45) is 3.71. The number of hydrogen-bond donors (Lipinski definition) is 1. The standard InChI is InChI=1S/C17H18F2N4O4S/c1-11(24)10-28(25,26)12-4-5-15(27-17(18)19)13(8-12)16-14(9-22(2)21-16)23-7-3-6-20-23/h3-9,11,17,24H,10H2,1-2H3/t11-/m1/s1. The lowest BCUT2D eigenvalue weighted by molar-refractivity contribution is -0.0494. The number of aliphatic hydroxyl groups excluding tert-OH is 1. The zero-order valence-electron chi connectivity index (χ0n) is 15.0. The van der Waals surface area contributed by atoms with Crippen LogP contribution in [0.3, 0.4) is 0 Å². The Morgan fingerprint density at radius 3 is 2.68 bits per heavy atom. The quantitative estimate of drug-likeness (QED) is 0.638. The number of sulfone groups is 1. The van der Waals surface area contributed by atoms with Gasteiger partial charge in [0.25, 0.3) is 0 Å². The van der Waals surface area contributed by atoms with Gasteiger partial charge in [-0.2, -0.15) is 19.0 Å². The lowest BCUT2D eigenvalue weighted by Gasteiger charge is -2.13. The maximum Gasteiger partial charge on any atom is 0.387 e. The number of rotatable bonds is 7. The Balaban J connectivity index is 2.20. The van der Waals surface area contributed by atoms with Crippen LogP contribution in [0.25, 0.3) is 16.9 Å². The van der Waals surface area contributed by atoms with E-state index in [2.05, 4.69) is 14.9 Å². The molecule has 0 spiro atoms. The molecule has 1 atom stereocenters. The Hall–Kier alpha value is -2.79. The zero-order chi connectivity index (χ0) is 20.5. The average Bonchev–Trinajstić information content (AvgIpc) is 3.22. The topological polar surface area (TPSA) is 99.2 Å². The van der Waals surface area contributed by atoms with Crippen molar-refractivity contribution in [2.45, 2.75) is 24.5 Å². The second-order valence-electron chi connectivity index (χ2n) is 6.15. The molecule has 28 heavy (non-hydrogen) atoms. The number of hydrogen-bond acceptors (Lipinski definition) is 6. The van der Waals surface area contributed by atoms with E-state index in [-0.39, 0.29) is 21.9 Å². The summed E-state index contributed by atoms with van der Waals surface area (Å²) in [5.74, 6) is -0.728. The first-order chi connectivity index (χ1) is 13.2. The van der Waals surface area contributed by atoms with Gasteiger partial charge in [-0.05, 0) is 31.2 Å². The van der Waals surface area contributed by atoms with Crippen LogP contribution in [0.1, 0.15) is 6.92 Å². The van der Waals surface area contributed by atoms with Crippen molar-refractivity contribution < 1.29 is 27.0 Å². The van der Waals surface area contributed by atoms with E-state index < -0.39 is 28.3 Å². The smallest absolute Gasteiger partial charge is 0.387 e. The van der Waals surface area contributed by atoms with Crippen molar-refractivity contribution >= 4 is 9.84 Å². The second-order valence-corrected chi connectivity index (χ2v) is 8.19. The minimum absolute atomic E-state index is 0.0677. The Labute approximate surface area is 159 Å². The summed E-state index contributed by atoms with van der Waals surface area (Å²) >= 11 is 0. The third-order valence-corrected chi connectivity index (χ3v) is 5.70. The van der Waals surface area contributed by atoms with Crippen molar-refractivity contribution in [3.63, 3.8) is 0 Å². The molecule has 2 heterocycles. The van der Waals surface area contributed by atoms with Crippen LogP contribution in [0, 0.1) is 0 Å². The number of benzene rings is 1. The number of nitrogens with zero attached hydrogens (tertiary/aromatic N) is 4. The number of aromatic nitrogens is 4. The molecule has 0 bridgehead atoms. The van der Waals surface area contributed by atoms with Gasteiger partial charge in [-0.25, -0.2) is 13.1 Å². The molecule has 0 aliphatic rings. The van der Waals surface area contributed by atoms with E-state index >= 15 is 0 Å². The van der Waals surface area contributed by atoms with E-state index in [9.17, 15) is 22.3 Å². The maximum absolute atomic E-state index is 12.9. The SMILES string of the molecule is C[C@@H](O)CS(=O)(=O)c1ccc(OC(F)F)c(-c2nn(C)cc2-n2cccn2)c1. The summed E-state index contributed by atoms with van der Waals surface area (Å²) < 4.78 is 58.2. The van der Waals surface area contributed by atoms with Crippen molar-refractivity contribution in [3.05, 3.63) is 42.9 Å². The monoisotopic (exact) mass is 412 g/mol. The van der Waals surface area contributed by atoms with Crippen molar-refractivity contribution in [1.82, 2.24) is 19.6 Å². The first kappa shape index (κ1) is 20.0. The van der Waals surface area contributed by atoms with Gasteiger partial charge >= 0.3 is 6.61 Å². The Morgan fingerprint density at radius 1 is 1.32 bits per heavy atom. The molecular weight excluding hydrogens is 394 g/mol.